The second-order valence-corrected chi connectivity index (χ2v) is 11.0. The average Bonchev–Trinajstić information content (AvgIpc) is 3.53. The molecule has 0 aromatic heterocycles. The number of nitrogens with one attached hydrogen (secondary N) is 3. The second-order valence-electron chi connectivity index (χ2n) is 9.66. The third-order valence-electron chi connectivity index (χ3n) is 7.51. The Bertz CT molecular complexity index is 943. The molecule has 0 saturated carbocycles. The monoisotopic (exact) mass is 515 g/mol. The summed E-state index contributed by atoms with van der Waals surface area (Å²) in [5.41, 5.74) is -0.0925. The van der Waals surface area contributed by atoms with Crippen LogP contribution in [0.1, 0.15) is 26.7 Å². The van der Waals surface area contributed by atoms with Crippen molar-refractivity contribution < 1.29 is 33.1 Å². The summed E-state index contributed by atoms with van der Waals surface area (Å²) in [6.45, 7) is 5.45. The van der Waals surface area contributed by atoms with E-state index in [2.05, 4.69) is 16.0 Å². The number of halogens is 2. The SMILES string of the molecule is C[C@@H](NC(=O)C(F)F)[C@H]1C(=O)N2C(C(=O)O)=C(S[C@@H]3CN[C@H](C(=O)N(C)C4CCNC4)C3)[C@H](C)[C@H]12. The van der Waals surface area contributed by atoms with Crippen LogP contribution in [0.5, 0.6) is 0 Å². The van der Waals surface area contributed by atoms with Crippen LogP contribution in [-0.4, -0.2) is 101 Å². The number of rotatable bonds is 8. The number of hydrogen-bond donors (Lipinski definition) is 4. The molecule has 0 spiro atoms. The Balaban J connectivity index is 1.43. The van der Waals surface area contributed by atoms with E-state index in [1.165, 1.54) is 23.6 Å². The van der Waals surface area contributed by atoms with E-state index in [4.69, 9.17) is 0 Å². The van der Waals surface area contributed by atoms with Gasteiger partial charge in [-0.1, -0.05) is 6.92 Å². The molecule has 1 unspecified atom stereocenters. The number of nitrogens with zero attached hydrogens (tertiary/aromatic N) is 2. The molecule has 13 heteroatoms. The quantitative estimate of drug-likeness (QED) is 0.328. The van der Waals surface area contributed by atoms with Crippen molar-refractivity contribution in [1.82, 2.24) is 25.8 Å². The number of thioether (sulfide) groups is 1. The second kappa shape index (κ2) is 10.0. The van der Waals surface area contributed by atoms with Gasteiger partial charge in [-0.25, -0.2) is 4.79 Å². The fraction of sp³-hybridized carbons (Fsp3) is 0.727. The topological polar surface area (TPSA) is 131 Å². The molecule has 0 radical (unpaired) electrons. The average molecular weight is 516 g/mol. The molecule has 10 nitrogen and oxygen atoms in total. The van der Waals surface area contributed by atoms with Gasteiger partial charge in [0.1, 0.15) is 5.70 Å². The molecule has 4 rings (SSSR count). The molecule has 3 saturated heterocycles. The molecule has 194 valence electrons. The number of carbonyl (C=O) groups excluding carboxylic acids is 3. The molecule has 0 aromatic rings. The summed E-state index contributed by atoms with van der Waals surface area (Å²) in [5, 5.41) is 18.5. The molecule has 0 aliphatic carbocycles. The number of carboxylic acids is 1. The molecule has 35 heavy (non-hydrogen) atoms. The number of β-lactam (4-membered cyclic amide) rings is 1. The Hall–Kier alpha value is -2.25. The van der Waals surface area contributed by atoms with E-state index in [0.29, 0.717) is 17.9 Å². The first-order chi connectivity index (χ1) is 16.5. The molecule has 4 N–H and O–H groups in total. The zero-order valence-corrected chi connectivity index (χ0v) is 20.6. The van der Waals surface area contributed by atoms with E-state index in [0.717, 1.165) is 19.5 Å². The third-order valence-corrected chi connectivity index (χ3v) is 9.02. The normalized spacial score (nSPS) is 33.1. The molecule has 4 aliphatic rings. The van der Waals surface area contributed by atoms with E-state index in [1.807, 2.05) is 6.92 Å². The maximum absolute atomic E-state index is 12.9. The van der Waals surface area contributed by atoms with Gasteiger partial charge in [0.25, 0.3) is 5.91 Å². The third kappa shape index (κ3) is 4.65. The number of hydrogen-bond acceptors (Lipinski definition) is 7. The van der Waals surface area contributed by atoms with E-state index < -0.39 is 42.2 Å². The number of alkyl halides is 2. The fourth-order valence-corrected chi connectivity index (χ4v) is 7.11. The largest absolute Gasteiger partial charge is 0.477 e. The summed E-state index contributed by atoms with van der Waals surface area (Å²) in [4.78, 5) is 52.8. The van der Waals surface area contributed by atoms with Crippen LogP contribution in [0.25, 0.3) is 0 Å². The molecular formula is C22H31F2N5O5S. The predicted octanol–water partition coefficient (Wildman–Crippen LogP) is -0.187. The first kappa shape index (κ1) is 25.8. The van der Waals surface area contributed by atoms with Crippen molar-refractivity contribution in [2.24, 2.45) is 11.8 Å². The zero-order chi connectivity index (χ0) is 25.6. The molecule has 3 fully saturated rings. The van der Waals surface area contributed by atoms with Gasteiger partial charge in [-0.3, -0.25) is 14.4 Å². The van der Waals surface area contributed by atoms with Crippen LogP contribution in [0.4, 0.5) is 8.78 Å². The Labute approximate surface area is 206 Å². The summed E-state index contributed by atoms with van der Waals surface area (Å²) in [5.74, 6) is -4.31. The minimum Gasteiger partial charge on any atom is -0.477 e. The summed E-state index contributed by atoms with van der Waals surface area (Å²) in [6.07, 6.45) is -1.76. The minimum atomic E-state index is -3.20. The number of aliphatic carboxylic acids is 1. The maximum atomic E-state index is 12.9. The molecule has 4 heterocycles. The number of amides is 3. The highest BCUT2D eigenvalue weighted by Gasteiger charge is 2.60. The van der Waals surface area contributed by atoms with Gasteiger partial charge >= 0.3 is 12.4 Å². The lowest BCUT2D eigenvalue weighted by atomic mass is 9.78. The van der Waals surface area contributed by atoms with Gasteiger partial charge in [0.05, 0.1) is 18.0 Å². The molecule has 0 bridgehead atoms. The van der Waals surface area contributed by atoms with E-state index in [9.17, 15) is 33.1 Å². The van der Waals surface area contributed by atoms with Crippen molar-refractivity contribution >= 4 is 35.5 Å². The highest BCUT2D eigenvalue weighted by atomic mass is 32.2. The van der Waals surface area contributed by atoms with Crippen LogP contribution in [0, 0.1) is 11.8 Å². The van der Waals surface area contributed by atoms with Crippen molar-refractivity contribution in [2.75, 3.05) is 26.7 Å². The van der Waals surface area contributed by atoms with Crippen LogP contribution in [0.3, 0.4) is 0 Å². The van der Waals surface area contributed by atoms with Crippen molar-refractivity contribution in [3.8, 4) is 0 Å². The zero-order valence-electron chi connectivity index (χ0n) is 19.8. The number of carbonyl (C=O) groups is 4. The van der Waals surface area contributed by atoms with E-state index >= 15 is 0 Å². The maximum Gasteiger partial charge on any atom is 0.353 e. The van der Waals surface area contributed by atoms with Gasteiger partial charge in [-0.15, -0.1) is 11.8 Å². The summed E-state index contributed by atoms with van der Waals surface area (Å²) in [6, 6.07) is -1.59. The summed E-state index contributed by atoms with van der Waals surface area (Å²) >= 11 is 1.36. The van der Waals surface area contributed by atoms with Crippen LogP contribution in [-0.2, 0) is 19.2 Å². The highest BCUT2D eigenvalue weighted by Crippen LogP contribution is 2.51. The van der Waals surface area contributed by atoms with Crippen molar-refractivity contribution in [2.45, 2.75) is 62.5 Å². The lowest BCUT2D eigenvalue weighted by molar-refractivity contribution is -0.159. The molecular weight excluding hydrogens is 484 g/mol. The van der Waals surface area contributed by atoms with Gasteiger partial charge in [0, 0.05) is 48.3 Å². The molecule has 3 amide bonds. The lowest BCUT2D eigenvalue weighted by Crippen LogP contribution is -2.66. The van der Waals surface area contributed by atoms with Crippen LogP contribution in [0.2, 0.25) is 0 Å². The number of carboxylic acid groups (broad SMARTS) is 1. The Kier molecular flexibility index (Phi) is 7.39. The minimum absolute atomic E-state index is 0.0105. The van der Waals surface area contributed by atoms with E-state index in [1.54, 1.807) is 11.9 Å². The summed E-state index contributed by atoms with van der Waals surface area (Å²) < 4.78 is 25.3. The Morgan fingerprint density at radius 1 is 1.29 bits per heavy atom. The molecule has 4 aliphatic heterocycles. The fourth-order valence-electron chi connectivity index (χ4n) is 5.63. The van der Waals surface area contributed by atoms with Crippen molar-refractivity contribution in [1.29, 1.82) is 0 Å². The standard InChI is InChI=1S/C22H31F2N5O5S/c1-9-15-14(10(2)27-19(30)18(23)24)21(32)29(15)16(22(33)34)17(9)35-12-6-13(26-8-12)20(31)28(3)11-4-5-25-7-11/h9-15,18,25-26H,4-8H2,1-3H3,(H,27,30)(H,33,34)/t9-,10-,11?,12+,13+,14-,15-/m1/s1. The summed E-state index contributed by atoms with van der Waals surface area (Å²) in [7, 11) is 1.80. The Morgan fingerprint density at radius 2 is 2.00 bits per heavy atom. The molecule has 0 aromatic carbocycles. The first-order valence-electron chi connectivity index (χ1n) is 11.8. The van der Waals surface area contributed by atoms with Gasteiger partial charge in [-0.2, -0.15) is 8.78 Å². The number of fused-ring (bicyclic) bond motifs is 1. The Morgan fingerprint density at radius 3 is 2.60 bits per heavy atom. The number of likely N-dealkylation sites (N-methyl/N-ethyl adjacent to an activating group) is 1. The van der Waals surface area contributed by atoms with Crippen molar-refractivity contribution in [3.63, 3.8) is 0 Å². The molecule has 7 atom stereocenters. The van der Waals surface area contributed by atoms with Gasteiger partial charge in [-0.05, 0) is 26.3 Å². The van der Waals surface area contributed by atoms with Crippen LogP contribution in [0.15, 0.2) is 10.6 Å². The first-order valence-corrected chi connectivity index (χ1v) is 12.7. The lowest BCUT2D eigenvalue weighted by Gasteiger charge is -2.47. The van der Waals surface area contributed by atoms with Crippen LogP contribution < -0.4 is 16.0 Å². The predicted molar refractivity (Wildman–Crippen MR) is 123 cm³/mol. The van der Waals surface area contributed by atoms with E-state index in [-0.39, 0.29) is 34.9 Å². The van der Waals surface area contributed by atoms with Crippen molar-refractivity contribution in [3.05, 3.63) is 10.6 Å². The van der Waals surface area contributed by atoms with Gasteiger partial charge in [0.2, 0.25) is 11.8 Å². The smallest absolute Gasteiger partial charge is 0.353 e. The van der Waals surface area contributed by atoms with Crippen LogP contribution >= 0.6 is 11.8 Å². The highest BCUT2D eigenvalue weighted by molar-refractivity contribution is 8.03. The van der Waals surface area contributed by atoms with Gasteiger partial charge < -0.3 is 30.9 Å². The van der Waals surface area contributed by atoms with Gasteiger partial charge in [0.15, 0.2) is 0 Å².